The Kier molecular flexibility index (Phi) is 3.61. The number of halogens is 1. The first kappa shape index (κ1) is 12.7. The van der Waals surface area contributed by atoms with Crippen LogP contribution >= 0.6 is 27.3 Å². The average molecular weight is 338 g/mol. The number of aromatic nitrogens is 2. The van der Waals surface area contributed by atoms with Crippen LogP contribution in [0.4, 0.5) is 0 Å². The molecule has 6 heteroatoms. The van der Waals surface area contributed by atoms with E-state index in [4.69, 9.17) is 0 Å². The number of amides is 1. The van der Waals surface area contributed by atoms with Crippen molar-refractivity contribution in [1.29, 1.82) is 0 Å². The maximum atomic E-state index is 12.1. The molecule has 0 radical (unpaired) electrons. The highest BCUT2D eigenvalue weighted by atomic mass is 79.9. The van der Waals surface area contributed by atoms with Gasteiger partial charge in [0.1, 0.15) is 5.69 Å². The lowest BCUT2D eigenvalue weighted by atomic mass is 10.0. The Morgan fingerprint density at radius 2 is 2.32 bits per heavy atom. The normalized spacial score (nSPS) is 16.1. The van der Waals surface area contributed by atoms with E-state index < -0.39 is 0 Å². The van der Waals surface area contributed by atoms with Crippen LogP contribution < -0.4 is 5.32 Å². The maximum Gasteiger partial charge on any atom is 0.271 e. The van der Waals surface area contributed by atoms with Gasteiger partial charge in [-0.1, -0.05) is 0 Å². The summed E-state index contributed by atoms with van der Waals surface area (Å²) in [6, 6.07) is 2.04. The van der Waals surface area contributed by atoms with Crippen LogP contribution in [0, 0.1) is 5.92 Å². The second-order valence-electron chi connectivity index (χ2n) is 4.60. The SMILES string of the molecule is O=C(N[C@@H](c1cncc(Br)c1)C1CC1)c1cscn1. The summed E-state index contributed by atoms with van der Waals surface area (Å²) in [5.41, 5.74) is 3.20. The number of carbonyl (C=O) groups excluding carboxylic acids is 1. The van der Waals surface area contributed by atoms with E-state index in [1.54, 1.807) is 17.1 Å². The smallest absolute Gasteiger partial charge is 0.271 e. The van der Waals surface area contributed by atoms with Gasteiger partial charge >= 0.3 is 0 Å². The molecule has 1 atom stereocenters. The molecular formula is C13H12BrN3OS. The molecule has 19 heavy (non-hydrogen) atoms. The molecule has 2 aromatic heterocycles. The van der Waals surface area contributed by atoms with Gasteiger partial charge in [-0.05, 0) is 46.3 Å². The molecule has 0 unspecified atom stereocenters. The highest BCUT2D eigenvalue weighted by Gasteiger charge is 2.34. The number of carbonyl (C=O) groups is 1. The fourth-order valence-electron chi connectivity index (χ4n) is 2.04. The molecule has 1 amide bonds. The molecule has 1 aliphatic carbocycles. The first-order valence-corrected chi connectivity index (χ1v) is 7.77. The quantitative estimate of drug-likeness (QED) is 0.932. The van der Waals surface area contributed by atoms with Crippen molar-refractivity contribution in [2.45, 2.75) is 18.9 Å². The third-order valence-electron chi connectivity index (χ3n) is 3.13. The Morgan fingerprint density at radius 1 is 1.47 bits per heavy atom. The monoisotopic (exact) mass is 337 g/mol. The van der Waals surface area contributed by atoms with Crippen LogP contribution in [0.5, 0.6) is 0 Å². The highest BCUT2D eigenvalue weighted by molar-refractivity contribution is 9.10. The van der Waals surface area contributed by atoms with Crippen molar-refractivity contribution < 1.29 is 4.79 Å². The van der Waals surface area contributed by atoms with Crippen molar-refractivity contribution in [3.8, 4) is 0 Å². The van der Waals surface area contributed by atoms with Crippen molar-refractivity contribution in [2.75, 3.05) is 0 Å². The molecule has 0 aliphatic heterocycles. The summed E-state index contributed by atoms with van der Waals surface area (Å²) in [4.78, 5) is 20.3. The van der Waals surface area contributed by atoms with Gasteiger partial charge < -0.3 is 5.32 Å². The summed E-state index contributed by atoms with van der Waals surface area (Å²) >= 11 is 4.84. The molecule has 1 fully saturated rings. The van der Waals surface area contributed by atoms with Gasteiger partial charge in [0.15, 0.2) is 0 Å². The summed E-state index contributed by atoms with van der Waals surface area (Å²) in [7, 11) is 0. The van der Waals surface area contributed by atoms with Crippen LogP contribution in [0.2, 0.25) is 0 Å². The predicted molar refractivity (Wildman–Crippen MR) is 77.0 cm³/mol. The Labute approximate surface area is 123 Å². The van der Waals surface area contributed by atoms with Crippen molar-refractivity contribution in [1.82, 2.24) is 15.3 Å². The first-order chi connectivity index (χ1) is 9.24. The molecule has 3 rings (SSSR count). The molecule has 1 saturated carbocycles. The summed E-state index contributed by atoms with van der Waals surface area (Å²) < 4.78 is 0.929. The molecule has 0 bridgehead atoms. The van der Waals surface area contributed by atoms with Crippen LogP contribution in [0.15, 0.2) is 33.8 Å². The maximum absolute atomic E-state index is 12.1. The molecule has 2 aromatic rings. The van der Waals surface area contributed by atoms with Gasteiger partial charge in [0.2, 0.25) is 0 Å². The number of nitrogens with zero attached hydrogens (tertiary/aromatic N) is 2. The van der Waals surface area contributed by atoms with Gasteiger partial charge in [0, 0.05) is 22.2 Å². The predicted octanol–water partition coefficient (Wildman–Crippen LogP) is 3.18. The molecule has 0 spiro atoms. The number of thiazole rings is 1. The zero-order valence-corrected chi connectivity index (χ0v) is 12.4. The largest absolute Gasteiger partial charge is 0.344 e. The molecule has 1 N–H and O–H groups in total. The molecule has 2 heterocycles. The zero-order valence-electron chi connectivity index (χ0n) is 10.0. The molecule has 0 saturated heterocycles. The van der Waals surface area contributed by atoms with Crippen molar-refractivity contribution in [2.24, 2.45) is 5.92 Å². The van der Waals surface area contributed by atoms with Crippen molar-refractivity contribution in [3.05, 3.63) is 45.1 Å². The zero-order chi connectivity index (χ0) is 13.2. The Balaban J connectivity index is 1.80. The Bertz CT molecular complexity index is 583. The molecule has 4 nitrogen and oxygen atoms in total. The van der Waals surface area contributed by atoms with Gasteiger partial charge in [0.05, 0.1) is 11.6 Å². The van der Waals surface area contributed by atoms with Crippen LogP contribution in [0.1, 0.15) is 34.9 Å². The number of pyridine rings is 1. The van der Waals surface area contributed by atoms with E-state index in [-0.39, 0.29) is 11.9 Å². The van der Waals surface area contributed by atoms with E-state index in [0.29, 0.717) is 11.6 Å². The summed E-state index contributed by atoms with van der Waals surface area (Å²) in [6.45, 7) is 0. The molecule has 1 aliphatic rings. The minimum absolute atomic E-state index is 0.0270. The van der Waals surface area contributed by atoms with Gasteiger partial charge in [-0.15, -0.1) is 11.3 Å². The van der Waals surface area contributed by atoms with Gasteiger partial charge in [-0.25, -0.2) is 4.98 Å². The number of hydrogen-bond donors (Lipinski definition) is 1. The van der Waals surface area contributed by atoms with Crippen molar-refractivity contribution >= 4 is 33.2 Å². The summed E-state index contributed by atoms with van der Waals surface area (Å²) in [6.07, 6.45) is 5.85. The fourth-order valence-corrected chi connectivity index (χ4v) is 2.96. The fraction of sp³-hybridized carbons (Fsp3) is 0.308. The minimum Gasteiger partial charge on any atom is -0.344 e. The molecule has 98 valence electrons. The van der Waals surface area contributed by atoms with Gasteiger partial charge in [-0.2, -0.15) is 0 Å². The van der Waals surface area contributed by atoms with Crippen molar-refractivity contribution in [3.63, 3.8) is 0 Å². The topological polar surface area (TPSA) is 54.9 Å². The summed E-state index contributed by atoms with van der Waals surface area (Å²) in [5, 5.41) is 4.83. The van der Waals surface area contributed by atoms with Crippen LogP contribution in [-0.2, 0) is 0 Å². The second-order valence-corrected chi connectivity index (χ2v) is 6.23. The lowest BCUT2D eigenvalue weighted by Crippen LogP contribution is -2.30. The average Bonchev–Trinajstić information content (AvgIpc) is 3.09. The van der Waals surface area contributed by atoms with Crippen LogP contribution in [0.3, 0.4) is 0 Å². The summed E-state index contributed by atoms with van der Waals surface area (Å²) in [5.74, 6) is 0.400. The van der Waals surface area contributed by atoms with Crippen LogP contribution in [-0.4, -0.2) is 15.9 Å². The third kappa shape index (κ3) is 3.01. The van der Waals surface area contributed by atoms with E-state index in [1.807, 2.05) is 12.3 Å². The number of rotatable bonds is 4. The molecule has 0 aromatic carbocycles. The Hall–Kier alpha value is -1.27. The van der Waals surface area contributed by atoms with E-state index in [0.717, 1.165) is 22.9 Å². The standard InChI is InChI=1S/C13H12BrN3OS/c14-10-3-9(4-15-5-10)12(8-1-2-8)17-13(18)11-6-19-7-16-11/h3-8,12H,1-2H2,(H,17,18)/t12-/m1/s1. The van der Waals surface area contributed by atoms with E-state index in [9.17, 15) is 4.79 Å². The number of nitrogens with one attached hydrogen (secondary N) is 1. The van der Waals surface area contributed by atoms with E-state index in [1.165, 1.54) is 11.3 Å². The highest BCUT2D eigenvalue weighted by Crippen LogP contribution is 2.41. The van der Waals surface area contributed by atoms with Crippen LogP contribution in [0.25, 0.3) is 0 Å². The van der Waals surface area contributed by atoms with E-state index >= 15 is 0 Å². The minimum atomic E-state index is -0.113. The van der Waals surface area contributed by atoms with Gasteiger partial charge in [0.25, 0.3) is 5.91 Å². The number of hydrogen-bond acceptors (Lipinski definition) is 4. The Morgan fingerprint density at radius 3 is 2.95 bits per heavy atom. The lowest BCUT2D eigenvalue weighted by Gasteiger charge is -2.18. The van der Waals surface area contributed by atoms with E-state index in [2.05, 4.69) is 31.2 Å². The molecular weight excluding hydrogens is 326 g/mol. The van der Waals surface area contributed by atoms with Gasteiger partial charge in [-0.3, -0.25) is 9.78 Å². The first-order valence-electron chi connectivity index (χ1n) is 6.03. The second kappa shape index (κ2) is 5.38. The third-order valence-corrected chi connectivity index (χ3v) is 4.15. The lowest BCUT2D eigenvalue weighted by molar-refractivity contribution is 0.0927.